The maximum absolute atomic E-state index is 8.50. The number of nitrogens with one attached hydrogen (secondary N) is 1. The van der Waals surface area contributed by atoms with Crippen LogP contribution < -0.4 is 5.32 Å². The predicted molar refractivity (Wildman–Crippen MR) is 64.6 cm³/mol. The highest BCUT2D eigenvalue weighted by atomic mass is 32.2. The first-order valence-corrected chi connectivity index (χ1v) is 7.12. The van der Waals surface area contributed by atoms with Gasteiger partial charge in [-0.1, -0.05) is 18.2 Å². The summed E-state index contributed by atoms with van der Waals surface area (Å²) in [5.74, 6) is 0. The van der Waals surface area contributed by atoms with Gasteiger partial charge >= 0.3 is 0 Å². The summed E-state index contributed by atoms with van der Waals surface area (Å²) in [6.07, 6.45) is 9.65. The van der Waals surface area contributed by atoms with Gasteiger partial charge in [0.1, 0.15) is 0 Å². The van der Waals surface area contributed by atoms with E-state index in [9.17, 15) is 0 Å². The Kier molecular flexibility index (Phi) is 5.20. The van der Waals surface area contributed by atoms with Crippen molar-refractivity contribution in [1.29, 1.82) is 5.26 Å². The molecule has 0 spiro atoms. The van der Waals surface area contributed by atoms with Crippen molar-refractivity contribution in [2.75, 3.05) is 12.5 Å². The molecule has 1 rings (SSSR count). The first-order chi connectivity index (χ1) is 6.81. The van der Waals surface area contributed by atoms with Gasteiger partial charge in [-0.15, -0.1) is 0 Å². The summed E-state index contributed by atoms with van der Waals surface area (Å²) in [6.45, 7) is 0. The van der Waals surface area contributed by atoms with Gasteiger partial charge in [0, 0.05) is 5.25 Å². The largest absolute Gasteiger partial charge is 0.272 e. The van der Waals surface area contributed by atoms with Crippen LogP contribution in [0, 0.1) is 11.5 Å². The molecule has 14 heavy (non-hydrogen) atoms. The molecule has 0 aromatic carbocycles. The number of amidine groups is 1. The molecule has 3 nitrogen and oxygen atoms in total. The van der Waals surface area contributed by atoms with E-state index < -0.39 is 0 Å². The lowest BCUT2D eigenvalue weighted by atomic mass is 10.3. The number of hydrogen-bond acceptors (Lipinski definition) is 4. The van der Waals surface area contributed by atoms with Crippen molar-refractivity contribution in [2.45, 2.75) is 30.6 Å². The summed E-state index contributed by atoms with van der Waals surface area (Å²) >= 11 is 3.39. The number of nitriles is 1. The lowest BCUT2D eigenvalue weighted by molar-refractivity contribution is 0.719. The van der Waals surface area contributed by atoms with Crippen LogP contribution in [0.3, 0.4) is 0 Å². The zero-order valence-corrected chi connectivity index (χ0v) is 10.1. The van der Waals surface area contributed by atoms with E-state index in [1.807, 2.05) is 24.2 Å². The van der Waals surface area contributed by atoms with Gasteiger partial charge < -0.3 is 0 Å². The molecule has 0 heterocycles. The van der Waals surface area contributed by atoms with Crippen molar-refractivity contribution < 1.29 is 0 Å². The second-order valence-corrected chi connectivity index (χ2v) is 5.02. The first kappa shape index (κ1) is 11.7. The molecule has 0 amide bonds. The van der Waals surface area contributed by atoms with Gasteiger partial charge in [0.25, 0.3) is 0 Å². The highest BCUT2D eigenvalue weighted by Crippen LogP contribution is 2.31. The smallest absolute Gasteiger partial charge is 0.183 e. The number of thioether (sulfide) groups is 2. The molecule has 1 saturated carbocycles. The molecule has 2 unspecified atom stereocenters. The Morgan fingerprint density at radius 2 is 2.29 bits per heavy atom. The third-order valence-corrected chi connectivity index (χ3v) is 4.11. The monoisotopic (exact) mass is 229 g/mol. The van der Waals surface area contributed by atoms with Crippen LogP contribution in [0.25, 0.3) is 0 Å². The van der Waals surface area contributed by atoms with Gasteiger partial charge in [0.15, 0.2) is 11.4 Å². The fourth-order valence-corrected chi connectivity index (χ4v) is 2.97. The fourth-order valence-electron chi connectivity index (χ4n) is 1.66. The standard InChI is InChI=1S/C9H15N3S2/c1-13-8-5-3-4-7(8)12-9(14-2)11-6-10/h7-8H,3-5H2,1-2H3,(H,11,12). The average Bonchev–Trinajstić information content (AvgIpc) is 2.64. The maximum atomic E-state index is 8.50. The Morgan fingerprint density at radius 1 is 1.50 bits per heavy atom. The molecule has 0 bridgehead atoms. The van der Waals surface area contributed by atoms with Crippen molar-refractivity contribution in [1.82, 2.24) is 5.32 Å². The van der Waals surface area contributed by atoms with Gasteiger partial charge in [0.2, 0.25) is 0 Å². The number of hydrogen-bond donors (Lipinski definition) is 1. The zero-order chi connectivity index (χ0) is 10.4. The zero-order valence-electron chi connectivity index (χ0n) is 8.49. The maximum Gasteiger partial charge on any atom is 0.183 e. The minimum Gasteiger partial charge on any atom is -0.272 e. The van der Waals surface area contributed by atoms with Crippen molar-refractivity contribution in [3.8, 4) is 6.19 Å². The van der Waals surface area contributed by atoms with Crippen LogP contribution in [-0.2, 0) is 0 Å². The van der Waals surface area contributed by atoms with Gasteiger partial charge in [-0.05, 0) is 25.4 Å². The van der Waals surface area contributed by atoms with E-state index in [0.717, 1.165) is 11.6 Å². The lowest BCUT2D eigenvalue weighted by Crippen LogP contribution is -2.21. The topological polar surface area (TPSA) is 48.2 Å². The number of aliphatic imine (C=N–C) groups is 1. The van der Waals surface area contributed by atoms with E-state index in [2.05, 4.69) is 16.6 Å². The van der Waals surface area contributed by atoms with Crippen LogP contribution >= 0.6 is 23.5 Å². The summed E-state index contributed by atoms with van der Waals surface area (Å²) in [5, 5.41) is 12.5. The van der Waals surface area contributed by atoms with Crippen LogP contribution in [0.4, 0.5) is 0 Å². The Morgan fingerprint density at radius 3 is 2.86 bits per heavy atom. The molecular formula is C9H15N3S2. The molecule has 1 fully saturated rings. The van der Waals surface area contributed by atoms with Crippen LogP contribution in [0.15, 0.2) is 4.99 Å². The highest BCUT2D eigenvalue weighted by Gasteiger charge is 2.26. The molecule has 78 valence electrons. The third-order valence-electron chi connectivity index (χ3n) is 2.36. The summed E-state index contributed by atoms with van der Waals surface area (Å²) in [6, 6.07) is 0.397. The van der Waals surface area contributed by atoms with Crippen LogP contribution in [0.5, 0.6) is 0 Å². The quantitative estimate of drug-likeness (QED) is 0.341. The number of rotatable bonds is 2. The first-order valence-electron chi connectivity index (χ1n) is 4.61. The molecule has 1 N–H and O–H groups in total. The second kappa shape index (κ2) is 6.20. The Bertz CT molecular complexity index is 247. The Hall–Kier alpha value is -0.340. The van der Waals surface area contributed by atoms with Crippen LogP contribution in [0.2, 0.25) is 0 Å². The lowest BCUT2D eigenvalue weighted by Gasteiger charge is -2.13. The Balaban J connectivity index is 2.59. The van der Waals surface area contributed by atoms with Crippen molar-refractivity contribution in [3.05, 3.63) is 0 Å². The van der Waals surface area contributed by atoms with Gasteiger partial charge in [-0.2, -0.15) is 17.0 Å². The molecule has 0 radical (unpaired) electrons. The fraction of sp³-hybridized carbons (Fsp3) is 0.778. The predicted octanol–water partition coefficient (Wildman–Crippen LogP) is 2.06. The number of nitrogens with zero attached hydrogens (tertiary/aromatic N) is 2. The summed E-state index contributed by atoms with van der Waals surface area (Å²) < 4.78 is 0. The van der Waals surface area contributed by atoms with Crippen molar-refractivity contribution >= 4 is 28.7 Å². The van der Waals surface area contributed by atoms with Gasteiger partial charge in [-0.25, -0.2) is 0 Å². The molecule has 1 aliphatic rings. The molecule has 0 aliphatic heterocycles. The van der Waals surface area contributed by atoms with Crippen molar-refractivity contribution in [3.63, 3.8) is 0 Å². The average molecular weight is 229 g/mol. The minimum absolute atomic E-state index is 0.397. The van der Waals surface area contributed by atoms with Gasteiger partial charge in [0.05, 0.1) is 6.04 Å². The molecular weight excluding hydrogens is 214 g/mol. The Labute approximate surface area is 93.7 Å². The molecule has 2 atom stereocenters. The van der Waals surface area contributed by atoms with E-state index >= 15 is 0 Å². The van der Waals surface area contributed by atoms with E-state index in [1.54, 1.807) is 0 Å². The van der Waals surface area contributed by atoms with Crippen molar-refractivity contribution in [2.24, 2.45) is 4.99 Å². The summed E-state index contributed by atoms with van der Waals surface area (Å²) in [5.41, 5.74) is 0. The molecule has 0 aromatic heterocycles. The van der Waals surface area contributed by atoms with E-state index in [0.29, 0.717) is 11.3 Å². The second-order valence-electron chi connectivity index (χ2n) is 3.15. The molecule has 0 saturated heterocycles. The SMILES string of the molecule is CSC(=NC1CCCC1SC)NC#N. The summed E-state index contributed by atoms with van der Waals surface area (Å²) in [7, 11) is 0. The molecule has 0 aromatic rings. The van der Waals surface area contributed by atoms with E-state index in [1.165, 1.54) is 24.6 Å². The van der Waals surface area contributed by atoms with E-state index in [4.69, 9.17) is 5.26 Å². The van der Waals surface area contributed by atoms with Crippen LogP contribution in [-0.4, -0.2) is 29.0 Å². The minimum atomic E-state index is 0.397. The van der Waals surface area contributed by atoms with Gasteiger partial charge in [-0.3, -0.25) is 10.3 Å². The molecule has 1 aliphatic carbocycles. The van der Waals surface area contributed by atoms with E-state index in [-0.39, 0.29) is 0 Å². The van der Waals surface area contributed by atoms with Crippen LogP contribution in [0.1, 0.15) is 19.3 Å². The molecule has 5 heteroatoms. The third kappa shape index (κ3) is 3.10. The normalized spacial score (nSPS) is 27.4. The highest BCUT2D eigenvalue weighted by molar-refractivity contribution is 8.13. The summed E-state index contributed by atoms with van der Waals surface area (Å²) in [4.78, 5) is 4.56.